The Morgan fingerprint density at radius 3 is 1.00 bits per heavy atom. The van der Waals surface area contributed by atoms with Gasteiger partial charge in [-0.1, -0.05) is 0 Å². The largest absolute Gasteiger partial charge is 0.323 e. The first kappa shape index (κ1) is 9.21. The van der Waals surface area contributed by atoms with Crippen molar-refractivity contribution in [1.29, 1.82) is 0 Å². The first-order valence-corrected chi connectivity index (χ1v) is 1.50. The molecule has 0 nitrogen and oxygen atoms in total. The molecule has 30 valence electrons. The molecular formula is C4H9Ti-. The smallest absolute Gasteiger partial charge is 0 e. The minimum atomic E-state index is 0. The predicted octanol–water partition coefficient (Wildman–Crippen LogP) is 1.62. The van der Waals surface area contributed by atoms with E-state index in [0.717, 1.165) is 0 Å². The Labute approximate surface area is 48.8 Å². The summed E-state index contributed by atoms with van der Waals surface area (Å²) in [6.45, 7) is 6.25. The second-order valence-electron chi connectivity index (χ2n) is 1.50. The second-order valence-corrected chi connectivity index (χ2v) is 1.50. The summed E-state index contributed by atoms with van der Waals surface area (Å²) in [5.41, 5.74) is 0. The average molecular weight is 105 g/mol. The number of hydrogen-bond donors (Lipinski definition) is 0. The standard InChI is InChI=1S/C4H9.Ti/c1-4(2)3;/h1-3H3;/q-1;. The van der Waals surface area contributed by atoms with E-state index in [0.29, 0.717) is 0 Å². The van der Waals surface area contributed by atoms with Gasteiger partial charge in [0.1, 0.15) is 0 Å². The van der Waals surface area contributed by atoms with Crippen molar-refractivity contribution < 1.29 is 21.7 Å². The molecule has 5 heavy (non-hydrogen) atoms. The van der Waals surface area contributed by atoms with Gasteiger partial charge in [0.05, 0.1) is 0 Å². The maximum Gasteiger partial charge on any atom is 0 e. The van der Waals surface area contributed by atoms with Crippen LogP contribution in [0.5, 0.6) is 0 Å². The molecule has 0 N–H and O–H groups in total. The third-order valence-corrected chi connectivity index (χ3v) is 0. The average Bonchev–Trinajstić information content (AvgIpc) is 0.811. The van der Waals surface area contributed by atoms with Gasteiger partial charge < -0.3 is 5.92 Å². The molecule has 0 radical (unpaired) electrons. The van der Waals surface area contributed by atoms with Crippen LogP contribution in [0, 0.1) is 5.92 Å². The van der Waals surface area contributed by atoms with Crippen LogP contribution in [-0.2, 0) is 21.7 Å². The van der Waals surface area contributed by atoms with Gasteiger partial charge in [-0.2, -0.15) is 20.8 Å². The van der Waals surface area contributed by atoms with Crippen LogP contribution in [0.3, 0.4) is 0 Å². The van der Waals surface area contributed by atoms with Crippen molar-refractivity contribution >= 4 is 0 Å². The van der Waals surface area contributed by atoms with Crippen molar-refractivity contribution in [3.63, 3.8) is 0 Å². The number of hydrogen-bond acceptors (Lipinski definition) is 0. The Balaban J connectivity index is 0. The molecule has 0 atom stereocenters. The van der Waals surface area contributed by atoms with Crippen molar-refractivity contribution in [2.75, 3.05) is 0 Å². The van der Waals surface area contributed by atoms with E-state index in [2.05, 4.69) is 20.8 Å². The molecule has 0 saturated carbocycles. The SMILES string of the molecule is C[C-](C)C.[Ti]. The van der Waals surface area contributed by atoms with Crippen LogP contribution < -0.4 is 0 Å². The Morgan fingerprint density at radius 1 is 1.00 bits per heavy atom. The molecule has 0 unspecified atom stereocenters. The number of rotatable bonds is 0. The van der Waals surface area contributed by atoms with Gasteiger partial charge in [0.2, 0.25) is 0 Å². The quantitative estimate of drug-likeness (QED) is 0.324. The predicted molar refractivity (Wildman–Crippen MR) is 20.3 cm³/mol. The fraction of sp³-hybridized carbons (Fsp3) is 0.750. The van der Waals surface area contributed by atoms with Gasteiger partial charge in [0, 0.05) is 21.7 Å². The van der Waals surface area contributed by atoms with E-state index in [1.54, 1.807) is 0 Å². The van der Waals surface area contributed by atoms with Crippen LogP contribution >= 0.6 is 0 Å². The summed E-state index contributed by atoms with van der Waals surface area (Å²) in [6.07, 6.45) is 0. The van der Waals surface area contributed by atoms with Crippen LogP contribution in [0.1, 0.15) is 20.8 Å². The topological polar surface area (TPSA) is 0 Å². The first-order valence-electron chi connectivity index (χ1n) is 1.50. The van der Waals surface area contributed by atoms with Crippen LogP contribution in [0.15, 0.2) is 0 Å². The molecule has 0 bridgehead atoms. The molecule has 0 aromatic carbocycles. The Bertz CT molecular complexity index is 8.36. The molecule has 0 amide bonds. The van der Waals surface area contributed by atoms with Crippen LogP contribution in [0.2, 0.25) is 0 Å². The van der Waals surface area contributed by atoms with Crippen molar-refractivity contribution in [2.24, 2.45) is 0 Å². The monoisotopic (exact) mass is 105 g/mol. The van der Waals surface area contributed by atoms with E-state index in [1.165, 1.54) is 5.92 Å². The summed E-state index contributed by atoms with van der Waals surface area (Å²) in [6, 6.07) is 0. The van der Waals surface area contributed by atoms with Crippen molar-refractivity contribution in [2.45, 2.75) is 20.8 Å². The van der Waals surface area contributed by atoms with Gasteiger partial charge in [-0.25, -0.2) is 0 Å². The summed E-state index contributed by atoms with van der Waals surface area (Å²) in [5.74, 6) is 1.42. The van der Waals surface area contributed by atoms with E-state index in [-0.39, 0.29) is 21.7 Å². The zero-order valence-corrected chi connectivity index (χ0v) is 5.56. The molecule has 0 aromatic heterocycles. The molecule has 0 heterocycles. The maximum atomic E-state index is 2.08. The van der Waals surface area contributed by atoms with Crippen LogP contribution in [0.4, 0.5) is 0 Å². The van der Waals surface area contributed by atoms with Crippen molar-refractivity contribution in [1.82, 2.24) is 0 Å². The van der Waals surface area contributed by atoms with E-state index in [4.69, 9.17) is 0 Å². The molecule has 0 aliphatic heterocycles. The van der Waals surface area contributed by atoms with Crippen LogP contribution in [0.25, 0.3) is 0 Å². The zero-order chi connectivity index (χ0) is 3.58. The van der Waals surface area contributed by atoms with Crippen molar-refractivity contribution in [3.05, 3.63) is 5.92 Å². The molecule has 0 aliphatic rings. The molecule has 1 heteroatoms. The Morgan fingerprint density at radius 2 is 1.00 bits per heavy atom. The van der Waals surface area contributed by atoms with Gasteiger partial charge in [0.15, 0.2) is 0 Å². The van der Waals surface area contributed by atoms with Gasteiger partial charge in [0.25, 0.3) is 0 Å². The zero-order valence-electron chi connectivity index (χ0n) is 4.00. The molecular weight excluding hydrogens is 95.9 g/mol. The minimum absolute atomic E-state index is 0. The fourth-order valence-corrected chi connectivity index (χ4v) is 0. The fourth-order valence-electron chi connectivity index (χ4n) is 0. The Hall–Kier alpha value is 0.714. The molecule has 0 saturated heterocycles. The molecule has 0 spiro atoms. The summed E-state index contributed by atoms with van der Waals surface area (Å²) in [5, 5.41) is 0. The third-order valence-electron chi connectivity index (χ3n) is 0. The molecule has 0 aliphatic carbocycles. The third kappa shape index (κ3) is 68.1. The normalized spacial score (nSPS) is 7.20. The van der Waals surface area contributed by atoms with Crippen molar-refractivity contribution in [3.8, 4) is 0 Å². The van der Waals surface area contributed by atoms with E-state index in [9.17, 15) is 0 Å². The molecule has 0 fully saturated rings. The van der Waals surface area contributed by atoms with E-state index >= 15 is 0 Å². The summed E-state index contributed by atoms with van der Waals surface area (Å²) in [4.78, 5) is 0. The summed E-state index contributed by atoms with van der Waals surface area (Å²) in [7, 11) is 0. The van der Waals surface area contributed by atoms with Gasteiger partial charge >= 0.3 is 0 Å². The van der Waals surface area contributed by atoms with Crippen LogP contribution in [-0.4, -0.2) is 0 Å². The van der Waals surface area contributed by atoms with Gasteiger partial charge in [-0.3, -0.25) is 0 Å². The molecule has 0 aromatic rings. The summed E-state index contributed by atoms with van der Waals surface area (Å²) < 4.78 is 0. The van der Waals surface area contributed by atoms with Gasteiger partial charge in [-0.15, -0.1) is 0 Å². The van der Waals surface area contributed by atoms with Gasteiger partial charge in [-0.05, 0) is 0 Å². The summed E-state index contributed by atoms with van der Waals surface area (Å²) >= 11 is 0. The molecule has 0 rings (SSSR count). The van der Waals surface area contributed by atoms with E-state index in [1.807, 2.05) is 0 Å². The minimum Gasteiger partial charge on any atom is -0.323 e. The Kier molecular flexibility index (Phi) is 8.68. The first-order chi connectivity index (χ1) is 1.73. The maximum absolute atomic E-state index is 2.08. The second kappa shape index (κ2) is 4.71. The van der Waals surface area contributed by atoms with E-state index < -0.39 is 0 Å².